The summed E-state index contributed by atoms with van der Waals surface area (Å²) in [6.07, 6.45) is 0.495. The highest BCUT2D eigenvalue weighted by Crippen LogP contribution is 2.36. The van der Waals surface area contributed by atoms with Gasteiger partial charge in [-0.25, -0.2) is 4.39 Å². The topological polar surface area (TPSA) is 62.2 Å². The van der Waals surface area contributed by atoms with E-state index in [-0.39, 0.29) is 36.5 Å². The van der Waals surface area contributed by atoms with Gasteiger partial charge in [0.25, 0.3) is 5.91 Å². The highest BCUT2D eigenvalue weighted by Gasteiger charge is 2.41. The molecule has 1 saturated heterocycles. The zero-order chi connectivity index (χ0) is 22.7. The Morgan fingerprint density at radius 1 is 1.25 bits per heavy atom. The van der Waals surface area contributed by atoms with Gasteiger partial charge >= 0.3 is 0 Å². The Morgan fingerprint density at radius 2 is 2.00 bits per heavy atom. The second kappa shape index (κ2) is 10.1. The van der Waals surface area contributed by atoms with Crippen LogP contribution in [0, 0.1) is 5.82 Å². The summed E-state index contributed by atoms with van der Waals surface area (Å²) in [6.45, 7) is 1.43. The second-order valence-corrected chi connectivity index (χ2v) is 8.54. The van der Waals surface area contributed by atoms with Crippen molar-refractivity contribution in [3.05, 3.63) is 71.0 Å². The number of methoxy groups -OCH3 is 1. The first kappa shape index (κ1) is 22.9. The van der Waals surface area contributed by atoms with Gasteiger partial charge in [0, 0.05) is 32.7 Å². The molecule has 4 rings (SSSR count). The molecular formula is C25H31FN2O4. The molecule has 1 N–H and O–H groups in total. The van der Waals surface area contributed by atoms with Gasteiger partial charge in [0.05, 0.1) is 25.4 Å². The van der Waals surface area contributed by atoms with Gasteiger partial charge in [0.1, 0.15) is 11.9 Å². The molecule has 2 aromatic rings. The van der Waals surface area contributed by atoms with Crippen molar-refractivity contribution < 1.29 is 23.8 Å². The molecule has 0 radical (unpaired) electrons. The molecule has 2 aromatic carbocycles. The molecule has 7 heteroatoms. The van der Waals surface area contributed by atoms with Crippen molar-refractivity contribution >= 4 is 5.91 Å². The molecule has 1 fully saturated rings. The molecular weight excluding hydrogens is 411 g/mol. The standard InChI is InChI=1S/C25H31FN2O4/c1-27(13-14-29)21-15-22(32-16-23(21)31-2)25(30)28-12-11-17-5-3-4-6-20(17)24(28)18-7-9-19(26)10-8-18/h3-10,21-24,29H,11-16H2,1-2H3/t21-,22+,23-,24-/m0/s1. The number of carbonyl (C=O) groups is 1. The average Bonchev–Trinajstić information content (AvgIpc) is 2.83. The Hall–Kier alpha value is -2.32. The van der Waals surface area contributed by atoms with E-state index in [0.717, 1.165) is 17.5 Å². The lowest BCUT2D eigenvalue weighted by molar-refractivity contribution is -0.162. The summed E-state index contributed by atoms with van der Waals surface area (Å²) < 4.78 is 25.2. The number of aliphatic hydroxyl groups is 1. The van der Waals surface area contributed by atoms with E-state index in [0.29, 0.717) is 26.1 Å². The summed E-state index contributed by atoms with van der Waals surface area (Å²) in [5.41, 5.74) is 3.15. The molecule has 32 heavy (non-hydrogen) atoms. The number of halogens is 1. The van der Waals surface area contributed by atoms with Crippen molar-refractivity contribution in [1.29, 1.82) is 0 Å². The number of amides is 1. The van der Waals surface area contributed by atoms with Crippen molar-refractivity contribution in [2.24, 2.45) is 0 Å². The Bertz CT molecular complexity index is 922. The first-order valence-corrected chi connectivity index (χ1v) is 11.1. The molecule has 2 aliphatic rings. The predicted octanol–water partition coefficient (Wildman–Crippen LogP) is 2.40. The fraction of sp³-hybridized carbons (Fsp3) is 0.480. The predicted molar refractivity (Wildman–Crippen MR) is 119 cm³/mol. The number of hydrogen-bond donors (Lipinski definition) is 1. The normalized spacial score (nSPS) is 25.6. The average molecular weight is 443 g/mol. The molecule has 172 valence electrons. The third-order valence-corrected chi connectivity index (χ3v) is 6.70. The molecule has 0 aliphatic carbocycles. The Morgan fingerprint density at radius 3 is 2.72 bits per heavy atom. The smallest absolute Gasteiger partial charge is 0.252 e. The highest BCUT2D eigenvalue weighted by atomic mass is 19.1. The van der Waals surface area contributed by atoms with E-state index in [4.69, 9.17) is 9.47 Å². The lowest BCUT2D eigenvalue weighted by atomic mass is 9.87. The van der Waals surface area contributed by atoms with Gasteiger partial charge in [-0.15, -0.1) is 0 Å². The fourth-order valence-corrected chi connectivity index (χ4v) is 4.94. The van der Waals surface area contributed by atoms with Crippen LogP contribution in [-0.4, -0.2) is 79.5 Å². The number of rotatable bonds is 6. The molecule has 2 heterocycles. The zero-order valence-corrected chi connectivity index (χ0v) is 18.6. The van der Waals surface area contributed by atoms with Gasteiger partial charge in [-0.1, -0.05) is 36.4 Å². The van der Waals surface area contributed by atoms with E-state index in [1.807, 2.05) is 35.0 Å². The first-order valence-electron chi connectivity index (χ1n) is 11.1. The van der Waals surface area contributed by atoms with Crippen molar-refractivity contribution in [2.75, 3.05) is 40.5 Å². The molecule has 0 aromatic heterocycles. The van der Waals surface area contributed by atoms with Crippen LogP contribution in [0.25, 0.3) is 0 Å². The van der Waals surface area contributed by atoms with Crippen molar-refractivity contribution in [2.45, 2.75) is 37.1 Å². The second-order valence-electron chi connectivity index (χ2n) is 8.54. The van der Waals surface area contributed by atoms with Gasteiger partial charge in [-0.2, -0.15) is 0 Å². The molecule has 2 aliphatic heterocycles. The van der Waals surface area contributed by atoms with Gasteiger partial charge in [0.15, 0.2) is 0 Å². The summed E-state index contributed by atoms with van der Waals surface area (Å²) in [5.74, 6) is -0.363. The molecule has 4 atom stereocenters. The largest absolute Gasteiger partial charge is 0.395 e. The molecule has 0 saturated carbocycles. The number of aliphatic hydroxyl groups excluding tert-OH is 1. The summed E-state index contributed by atoms with van der Waals surface area (Å²) >= 11 is 0. The van der Waals surface area contributed by atoms with Gasteiger partial charge in [-0.05, 0) is 42.3 Å². The minimum atomic E-state index is -0.597. The number of carbonyl (C=O) groups excluding carboxylic acids is 1. The van der Waals surface area contributed by atoms with Crippen LogP contribution in [0.3, 0.4) is 0 Å². The van der Waals surface area contributed by atoms with Gasteiger partial charge < -0.3 is 19.5 Å². The molecule has 6 nitrogen and oxygen atoms in total. The minimum Gasteiger partial charge on any atom is -0.395 e. The van der Waals surface area contributed by atoms with E-state index in [1.54, 1.807) is 19.2 Å². The summed E-state index contributed by atoms with van der Waals surface area (Å²) in [4.78, 5) is 17.7. The number of likely N-dealkylation sites (N-methyl/N-ethyl adjacent to an activating group) is 1. The zero-order valence-electron chi connectivity index (χ0n) is 18.6. The Labute approximate surface area is 188 Å². The Balaban J connectivity index is 1.62. The summed E-state index contributed by atoms with van der Waals surface area (Å²) in [6, 6.07) is 14.2. The molecule has 1 amide bonds. The van der Waals surface area contributed by atoms with Crippen LogP contribution < -0.4 is 0 Å². The maximum atomic E-state index is 13.8. The van der Waals surface area contributed by atoms with Gasteiger partial charge in [0.2, 0.25) is 0 Å². The third kappa shape index (κ3) is 4.57. The van der Waals surface area contributed by atoms with Crippen molar-refractivity contribution in [1.82, 2.24) is 9.80 Å². The summed E-state index contributed by atoms with van der Waals surface area (Å²) in [5, 5.41) is 9.36. The lowest BCUT2D eigenvalue weighted by Gasteiger charge is -2.43. The van der Waals surface area contributed by atoms with Gasteiger partial charge in [-0.3, -0.25) is 9.69 Å². The van der Waals surface area contributed by atoms with E-state index in [2.05, 4.69) is 6.07 Å². The van der Waals surface area contributed by atoms with E-state index < -0.39 is 6.10 Å². The fourth-order valence-electron chi connectivity index (χ4n) is 4.94. The number of hydrogen-bond acceptors (Lipinski definition) is 5. The number of ether oxygens (including phenoxy) is 2. The third-order valence-electron chi connectivity index (χ3n) is 6.70. The van der Waals surface area contributed by atoms with E-state index in [1.165, 1.54) is 17.7 Å². The first-order chi connectivity index (χ1) is 15.5. The minimum absolute atomic E-state index is 0.0313. The van der Waals surface area contributed by atoms with Crippen LogP contribution in [0.1, 0.15) is 29.2 Å². The quantitative estimate of drug-likeness (QED) is 0.745. The highest BCUT2D eigenvalue weighted by molar-refractivity contribution is 5.82. The van der Waals surface area contributed by atoms with Crippen LogP contribution in [0.4, 0.5) is 4.39 Å². The van der Waals surface area contributed by atoms with E-state index >= 15 is 0 Å². The number of benzene rings is 2. The monoisotopic (exact) mass is 442 g/mol. The van der Waals surface area contributed by atoms with Crippen LogP contribution in [0.2, 0.25) is 0 Å². The van der Waals surface area contributed by atoms with Crippen LogP contribution in [0.5, 0.6) is 0 Å². The number of nitrogens with zero attached hydrogens (tertiary/aromatic N) is 2. The molecule has 0 unspecified atom stereocenters. The van der Waals surface area contributed by atoms with E-state index in [9.17, 15) is 14.3 Å². The Kier molecular flexibility index (Phi) is 7.20. The van der Waals surface area contributed by atoms with Crippen LogP contribution in [-0.2, 0) is 20.7 Å². The van der Waals surface area contributed by atoms with Crippen LogP contribution >= 0.6 is 0 Å². The molecule has 0 bridgehead atoms. The summed E-state index contributed by atoms with van der Waals surface area (Å²) in [7, 11) is 3.57. The van der Waals surface area contributed by atoms with Crippen molar-refractivity contribution in [3.8, 4) is 0 Å². The van der Waals surface area contributed by atoms with Crippen molar-refractivity contribution in [3.63, 3.8) is 0 Å². The maximum absolute atomic E-state index is 13.8. The molecule has 0 spiro atoms. The SMILES string of the molecule is CO[C@H]1CO[C@@H](C(=O)N2CCc3ccccc3[C@@H]2c2ccc(F)cc2)C[C@@H]1N(C)CCO. The van der Waals surface area contributed by atoms with Crippen LogP contribution in [0.15, 0.2) is 48.5 Å². The number of fused-ring (bicyclic) bond motifs is 1. The lowest BCUT2D eigenvalue weighted by Crippen LogP contribution is -2.56. The maximum Gasteiger partial charge on any atom is 0.252 e.